The van der Waals surface area contributed by atoms with Crippen molar-refractivity contribution in [1.82, 2.24) is 0 Å². The SMILES string of the molecule is c1ccc(Oc2cc3c4c(c2)N(c2ccccc2)c2cc5c(cc2B4c2cc4ccccc4cc2S3)B2c3cc4ccccc4cc3N(c3ccc4ccccc4c3)c3cc(Oc4ccccc4)cc(c32)N5c2ccccc2)cc1. The van der Waals surface area contributed by atoms with Crippen LogP contribution in [0.4, 0.5) is 51.2 Å². The molecule has 0 unspecified atom stereocenters. The lowest BCUT2D eigenvalue weighted by molar-refractivity contribution is 0.481. The highest BCUT2D eigenvalue weighted by Crippen LogP contribution is 2.50. The van der Waals surface area contributed by atoms with Crippen LogP contribution in [0.25, 0.3) is 32.3 Å². The molecule has 4 heterocycles. The van der Waals surface area contributed by atoms with E-state index >= 15 is 0 Å². The standard InChI is InChI=1S/C72H45B2N3O2S/c1-5-25-52(26-6-1)75-64-45-65-61(74-62-37-49-22-16-18-24-51(49)39-69(62)80-70-43-58(79-56-31-11-4-12-32-56)42-68(72(70)74)76(65)53-27-7-2-8-28-53)44-60(64)73-59-36-48-21-15-17-23-50(48)38-63(59)77(54-34-33-46-19-13-14-20-47(46)35-54)67-41-57(40-66(75)71(67)73)78-55-29-9-3-10-30-55/h1-45H. The van der Waals surface area contributed by atoms with Crippen molar-refractivity contribution in [3.63, 3.8) is 0 Å². The van der Waals surface area contributed by atoms with Gasteiger partial charge in [0, 0.05) is 79.2 Å². The molecule has 0 fully saturated rings. The van der Waals surface area contributed by atoms with Crippen LogP contribution in [0.2, 0.25) is 0 Å². The number of anilines is 9. The normalized spacial score (nSPS) is 13.3. The number of hydrogen-bond donors (Lipinski definition) is 0. The maximum atomic E-state index is 7.02. The first kappa shape index (κ1) is 45.2. The van der Waals surface area contributed by atoms with Gasteiger partial charge in [0.25, 0.3) is 6.71 Å². The largest absolute Gasteiger partial charge is 0.457 e. The fourth-order valence-electron chi connectivity index (χ4n) is 13.2. The van der Waals surface area contributed by atoms with E-state index in [2.05, 4.69) is 227 Å². The molecule has 5 nitrogen and oxygen atoms in total. The second-order valence-electron chi connectivity index (χ2n) is 21.2. The quantitative estimate of drug-likeness (QED) is 0.148. The Morgan fingerprint density at radius 2 is 0.662 bits per heavy atom. The van der Waals surface area contributed by atoms with Gasteiger partial charge in [0.2, 0.25) is 6.71 Å². The zero-order chi connectivity index (χ0) is 52.4. The summed E-state index contributed by atoms with van der Waals surface area (Å²) in [6.07, 6.45) is 0. The van der Waals surface area contributed by atoms with E-state index in [1.165, 1.54) is 74.9 Å². The molecule has 0 amide bonds. The number of hydrogen-bond acceptors (Lipinski definition) is 6. The first-order chi connectivity index (χ1) is 39.6. The molecule has 0 bridgehead atoms. The molecule has 80 heavy (non-hydrogen) atoms. The first-order valence-corrected chi connectivity index (χ1v) is 28.2. The van der Waals surface area contributed by atoms with E-state index in [0.717, 1.165) is 74.2 Å². The number of nitrogens with zero attached hydrogens (tertiary/aromatic N) is 3. The molecular weight excluding hydrogens is 993 g/mol. The van der Waals surface area contributed by atoms with Gasteiger partial charge in [0.1, 0.15) is 23.0 Å². The van der Waals surface area contributed by atoms with Gasteiger partial charge in [-0.05, 0) is 145 Å². The summed E-state index contributed by atoms with van der Waals surface area (Å²) >= 11 is 1.85. The number of para-hydroxylation sites is 4. The van der Waals surface area contributed by atoms with Crippen LogP contribution in [0.5, 0.6) is 23.0 Å². The van der Waals surface area contributed by atoms with E-state index in [9.17, 15) is 0 Å². The Labute approximate surface area is 468 Å². The van der Waals surface area contributed by atoms with Crippen LogP contribution in [0.15, 0.2) is 283 Å². The average molecular weight is 1040 g/mol. The second-order valence-corrected chi connectivity index (χ2v) is 22.3. The summed E-state index contributed by atoms with van der Waals surface area (Å²) < 4.78 is 13.9. The minimum atomic E-state index is -0.177. The lowest BCUT2D eigenvalue weighted by atomic mass is 9.30. The van der Waals surface area contributed by atoms with Crippen LogP contribution >= 0.6 is 11.8 Å². The lowest BCUT2D eigenvalue weighted by Crippen LogP contribution is -2.64. The van der Waals surface area contributed by atoms with E-state index < -0.39 is 0 Å². The van der Waals surface area contributed by atoms with Crippen molar-refractivity contribution in [2.45, 2.75) is 9.79 Å². The van der Waals surface area contributed by atoms with Crippen LogP contribution in [-0.4, -0.2) is 13.4 Å². The summed E-state index contributed by atoms with van der Waals surface area (Å²) in [4.78, 5) is 9.95. The molecule has 13 aromatic rings. The van der Waals surface area contributed by atoms with Gasteiger partial charge in [-0.3, -0.25) is 0 Å². The van der Waals surface area contributed by atoms with Crippen molar-refractivity contribution in [2.24, 2.45) is 0 Å². The third kappa shape index (κ3) is 7.09. The van der Waals surface area contributed by atoms with E-state index in [1.807, 2.05) is 72.4 Å². The van der Waals surface area contributed by atoms with Crippen LogP contribution in [-0.2, 0) is 0 Å². The van der Waals surface area contributed by atoms with Gasteiger partial charge in [-0.1, -0.05) is 187 Å². The van der Waals surface area contributed by atoms with Gasteiger partial charge in [0.05, 0.1) is 0 Å². The molecule has 0 aromatic heterocycles. The number of ether oxygens (including phenoxy) is 2. The fourth-order valence-corrected chi connectivity index (χ4v) is 14.5. The molecule has 0 aliphatic carbocycles. The molecule has 0 radical (unpaired) electrons. The molecule has 13 aromatic carbocycles. The molecule has 0 saturated carbocycles. The Balaban J connectivity index is 0.992. The van der Waals surface area contributed by atoms with Crippen LogP contribution in [0, 0.1) is 0 Å². The van der Waals surface area contributed by atoms with E-state index in [4.69, 9.17) is 9.47 Å². The average Bonchev–Trinajstić information content (AvgIpc) is 2.35. The molecule has 372 valence electrons. The molecule has 4 aliphatic heterocycles. The maximum absolute atomic E-state index is 7.02. The number of fused-ring (bicyclic) bond motifs is 11. The molecule has 8 heteroatoms. The third-order valence-corrected chi connectivity index (χ3v) is 17.7. The summed E-state index contributed by atoms with van der Waals surface area (Å²) in [5.41, 5.74) is 17.4. The zero-order valence-corrected chi connectivity index (χ0v) is 44.0. The van der Waals surface area contributed by atoms with Gasteiger partial charge in [-0.15, -0.1) is 0 Å². The van der Waals surface area contributed by atoms with Crippen molar-refractivity contribution >= 4 is 141 Å². The van der Waals surface area contributed by atoms with Crippen molar-refractivity contribution in [2.75, 3.05) is 14.7 Å². The minimum Gasteiger partial charge on any atom is -0.457 e. The topological polar surface area (TPSA) is 28.2 Å². The van der Waals surface area contributed by atoms with E-state index in [1.54, 1.807) is 0 Å². The Morgan fingerprint density at radius 1 is 0.250 bits per heavy atom. The van der Waals surface area contributed by atoms with E-state index in [0.29, 0.717) is 0 Å². The molecule has 0 saturated heterocycles. The highest BCUT2D eigenvalue weighted by Gasteiger charge is 2.48. The van der Waals surface area contributed by atoms with Crippen molar-refractivity contribution in [3.05, 3.63) is 273 Å². The van der Waals surface area contributed by atoms with Crippen LogP contribution in [0.3, 0.4) is 0 Å². The highest BCUT2D eigenvalue weighted by atomic mass is 32.2. The fraction of sp³-hybridized carbons (Fsp3) is 0. The molecule has 4 aliphatic rings. The van der Waals surface area contributed by atoms with Crippen LogP contribution in [0.1, 0.15) is 0 Å². The van der Waals surface area contributed by atoms with E-state index in [-0.39, 0.29) is 13.4 Å². The van der Waals surface area contributed by atoms with Gasteiger partial charge < -0.3 is 24.2 Å². The summed E-state index contributed by atoms with van der Waals surface area (Å²) in [6.45, 7) is -0.280. The third-order valence-electron chi connectivity index (χ3n) is 16.6. The van der Waals surface area contributed by atoms with Gasteiger partial charge in [0.15, 0.2) is 0 Å². The summed E-state index contributed by atoms with van der Waals surface area (Å²) in [5, 5.41) is 7.24. The molecule has 0 atom stereocenters. The van der Waals surface area contributed by atoms with Crippen molar-refractivity contribution in [1.29, 1.82) is 0 Å². The minimum absolute atomic E-state index is 0.103. The Bertz CT molecular complexity index is 4680. The first-order valence-electron chi connectivity index (χ1n) is 27.4. The second kappa shape index (κ2) is 17.8. The summed E-state index contributed by atoms with van der Waals surface area (Å²) in [5.74, 6) is 3.12. The Kier molecular flexibility index (Phi) is 10.1. The van der Waals surface area contributed by atoms with Crippen LogP contribution < -0.4 is 57.0 Å². The van der Waals surface area contributed by atoms with Gasteiger partial charge in [-0.2, -0.15) is 0 Å². The summed E-state index contributed by atoms with van der Waals surface area (Å²) in [6, 6.07) is 99.3. The van der Waals surface area contributed by atoms with Crippen molar-refractivity contribution < 1.29 is 9.47 Å². The highest BCUT2D eigenvalue weighted by molar-refractivity contribution is 8.00. The summed E-state index contributed by atoms with van der Waals surface area (Å²) in [7, 11) is 0. The smallest absolute Gasteiger partial charge is 0.252 e. The zero-order valence-electron chi connectivity index (χ0n) is 43.2. The molecular formula is C72H45B2N3O2S. The Morgan fingerprint density at radius 3 is 1.24 bits per heavy atom. The lowest BCUT2D eigenvalue weighted by Gasteiger charge is -2.46. The molecule has 0 N–H and O–H groups in total. The molecule has 0 spiro atoms. The number of rotatable bonds is 7. The maximum Gasteiger partial charge on any atom is 0.252 e. The Hall–Kier alpha value is -9.88. The monoisotopic (exact) mass is 1040 g/mol. The number of benzene rings is 13. The van der Waals surface area contributed by atoms with Crippen molar-refractivity contribution in [3.8, 4) is 23.0 Å². The van der Waals surface area contributed by atoms with Gasteiger partial charge >= 0.3 is 0 Å². The molecule has 17 rings (SSSR count). The predicted molar refractivity (Wildman–Crippen MR) is 336 cm³/mol. The van der Waals surface area contributed by atoms with Gasteiger partial charge in [-0.25, -0.2) is 0 Å². The predicted octanol–water partition coefficient (Wildman–Crippen LogP) is 15.6.